The number of nitrogens with zero attached hydrogens (tertiary/aromatic N) is 2. The lowest BCUT2D eigenvalue weighted by Crippen LogP contribution is -2.26. The average molecular weight is 341 g/mol. The van der Waals surface area contributed by atoms with Crippen molar-refractivity contribution in [3.8, 4) is 0 Å². The van der Waals surface area contributed by atoms with Gasteiger partial charge < -0.3 is 10.4 Å². The molecular formula is C19H20FN3O2. The third-order valence-electron chi connectivity index (χ3n) is 4.16. The van der Waals surface area contributed by atoms with Crippen molar-refractivity contribution in [1.82, 2.24) is 9.88 Å². The van der Waals surface area contributed by atoms with E-state index in [1.165, 1.54) is 11.8 Å². The van der Waals surface area contributed by atoms with Crippen LogP contribution in [0.25, 0.3) is 6.08 Å². The maximum absolute atomic E-state index is 13.1. The molecule has 0 radical (unpaired) electrons. The van der Waals surface area contributed by atoms with Crippen molar-refractivity contribution < 1.29 is 14.3 Å². The van der Waals surface area contributed by atoms with Crippen molar-refractivity contribution >= 4 is 17.9 Å². The van der Waals surface area contributed by atoms with Gasteiger partial charge in [-0.25, -0.2) is 9.78 Å². The van der Waals surface area contributed by atoms with Gasteiger partial charge in [0.15, 0.2) is 0 Å². The van der Waals surface area contributed by atoms with Gasteiger partial charge in [-0.05, 0) is 35.8 Å². The Balaban J connectivity index is 1.53. The van der Waals surface area contributed by atoms with Crippen LogP contribution in [0.5, 0.6) is 0 Å². The Bertz CT molecular complexity index is 747. The van der Waals surface area contributed by atoms with Crippen molar-refractivity contribution in [2.45, 2.75) is 19.0 Å². The molecule has 3 rings (SSSR count). The molecule has 25 heavy (non-hydrogen) atoms. The standard InChI is InChI=1S/C19H20FN3O2/c20-17(19(24)25)10-15-6-7-18(21-11-15)22-16-8-9-23(13-16)12-14-4-2-1-3-5-14/h1-7,10-11,16H,8-9,12-13H2,(H,21,22)(H,24,25)/b17-10-/t16-/m1/s1. The molecule has 0 amide bonds. The van der Waals surface area contributed by atoms with E-state index in [9.17, 15) is 9.18 Å². The minimum Gasteiger partial charge on any atom is -0.476 e. The van der Waals surface area contributed by atoms with E-state index in [4.69, 9.17) is 5.11 Å². The van der Waals surface area contributed by atoms with E-state index >= 15 is 0 Å². The molecule has 0 bridgehead atoms. The van der Waals surface area contributed by atoms with Gasteiger partial charge in [0.25, 0.3) is 0 Å². The lowest BCUT2D eigenvalue weighted by Gasteiger charge is -2.17. The molecule has 2 aromatic rings. The van der Waals surface area contributed by atoms with Crippen molar-refractivity contribution in [2.75, 3.05) is 18.4 Å². The van der Waals surface area contributed by atoms with Crippen LogP contribution in [0.4, 0.5) is 10.2 Å². The predicted molar refractivity (Wildman–Crippen MR) is 94.7 cm³/mol. The number of benzene rings is 1. The number of nitrogens with one attached hydrogen (secondary N) is 1. The van der Waals surface area contributed by atoms with Crippen LogP contribution >= 0.6 is 0 Å². The minimum atomic E-state index is -1.58. The Morgan fingerprint density at radius 2 is 2.12 bits per heavy atom. The average Bonchev–Trinajstić information content (AvgIpc) is 3.04. The maximum atomic E-state index is 13.1. The van der Waals surface area contributed by atoms with Crippen LogP contribution in [0.2, 0.25) is 0 Å². The Morgan fingerprint density at radius 1 is 1.32 bits per heavy atom. The van der Waals surface area contributed by atoms with Crippen molar-refractivity contribution in [2.24, 2.45) is 0 Å². The van der Waals surface area contributed by atoms with Crippen molar-refractivity contribution in [3.63, 3.8) is 0 Å². The van der Waals surface area contributed by atoms with E-state index in [0.29, 0.717) is 17.4 Å². The Kier molecular flexibility index (Phi) is 5.40. The SMILES string of the molecule is O=C(O)/C(F)=C/c1ccc(N[C@@H]2CCN(Cc3ccccc3)C2)nc1. The van der Waals surface area contributed by atoms with Gasteiger partial charge in [-0.3, -0.25) is 4.90 Å². The van der Waals surface area contributed by atoms with Crippen LogP contribution in [-0.2, 0) is 11.3 Å². The number of carboxylic acids is 1. The molecule has 0 saturated carbocycles. The number of aromatic nitrogens is 1. The number of carboxylic acid groups (broad SMARTS) is 1. The van der Waals surface area contributed by atoms with E-state index in [1.54, 1.807) is 12.1 Å². The van der Waals surface area contributed by atoms with E-state index in [2.05, 4.69) is 27.3 Å². The quantitative estimate of drug-likeness (QED) is 0.790. The second kappa shape index (κ2) is 7.90. The molecule has 1 aliphatic rings. The Labute approximate surface area is 145 Å². The van der Waals surface area contributed by atoms with Crippen LogP contribution in [0.3, 0.4) is 0 Å². The molecule has 0 aliphatic carbocycles. The molecule has 2 heterocycles. The third-order valence-corrected chi connectivity index (χ3v) is 4.16. The predicted octanol–water partition coefficient (Wildman–Crippen LogP) is 3.16. The highest BCUT2D eigenvalue weighted by Crippen LogP contribution is 2.17. The molecule has 1 aromatic carbocycles. The molecule has 1 atom stereocenters. The molecule has 1 aromatic heterocycles. The van der Waals surface area contributed by atoms with Gasteiger partial charge >= 0.3 is 5.97 Å². The van der Waals surface area contributed by atoms with Gasteiger partial charge in [0, 0.05) is 31.9 Å². The molecular weight excluding hydrogens is 321 g/mol. The third kappa shape index (κ3) is 4.87. The smallest absolute Gasteiger partial charge is 0.364 e. The highest BCUT2D eigenvalue weighted by Gasteiger charge is 2.22. The van der Waals surface area contributed by atoms with E-state index in [0.717, 1.165) is 32.1 Å². The molecule has 0 unspecified atom stereocenters. The number of aliphatic carboxylic acids is 1. The number of halogens is 1. The summed E-state index contributed by atoms with van der Waals surface area (Å²) in [5.41, 5.74) is 1.72. The van der Waals surface area contributed by atoms with Crippen LogP contribution in [0.15, 0.2) is 54.5 Å². The fourth-order valence-electron chi connectivity index (χ4n) is 2.93. The number of pyridine rings is 1. The summed E-state index contributed by atoms with van der Waals surface area (Å²) in [5, 5.41) is 11.9. The summed E-state index contributed by atoms with van der Waals surface area (Å²) in [4.78, 5) is 17.1. The molecule has 6 heteroatoms. The van der Waals surface area contributed by atoms with Gasteiger partial charge in [0.05, 0.1) is 0 Å². The first-order valence-electron chi connectivity index (χ1n) is 8.19. The first-order chi connectivity index (χ1) is 12.1. The van der Waals surface area contributed by atoms with Gasteiger partial charge in [-0.1, -0.05) is 30.3 Å². The van der Waals surface area contributed by atoms with Crippen molar-refractivity contribution in [3.05, 3.63) is 65.6 Å². The molecule has 0 spiro atoms. The number of hydrogen-bond acceptors (Lipinski definition) is 4. The lowest BCUT2D eigenvalue weighted by atomic mass is 10.2. The number of hydrogen-bond donors (Lipinski definition) is 2. The minimum absolute atomic E-state index is 0.313. The van der Waals surface area contributed by atoms with Crippen LogP contribution in [0.1, 0.15) is 17.5 Å². The number of carbonyl (C=O) groups is 1. The Morgan fingerprint density at radius 3 is 2.80 bits per heavy atom. The first kappa shape index (κ1) is 17.1. The number of rotatable bonds is 6. The largest absolute Gasteiger partial charge is 0.476 e. The summed E-state index contributed by atoms with van der Waals surface area (Å²) >= 11 is 0. The van der Waals surface area contributed by atoms with Gasteiger partial charge in [0.2, 0.25) is 5.83 Å². The second-order valence-corrected chi connectivity index (χ2v) is 6.12. The number of likely N-dealkylation sites (tertiary alicyclic amines) is 1. The van der Waals surface area contributed by atoms with Crippen LogP contribution < -0.4 is 5.32 Å². The molecule has 1 fully saturated rings. The fraction of sp³-hybridized carbons (Fsp3) is 0.263. The van der Waals surface area contributed by atoms with Gasteiger partial charge in [0.1, 0.15) is 5.82 Å². The maximum Gasteiger partial charge on any atom is 0.364 e. The van der Waals surface area contributed by atoms with Gasteiger partial charge in [-0.15, -0.1) is 0 Å². The van der Waals surface area contributed by atoms with E-state index in [-0.39, 0.29) is 0 Å². The molecule has 1 aliphatic heterocycles. The molecule has 1 saturated heterocycles. The highest BCUT2D eigenvalue weighted by atomic mass is 19.1. The first-order valence-corrected chi connectivity index (χ1v) is 8.19. The monoisotopic (exact) mass is 341 g/mol. The van der Waals surface area contributed by atoms with E-state index in [1.807, 2.05) is 18.2 Å². The Hall–Kier alpha value is -2.73. The molecule has 130 valence electrons. The summed E-state index contributed by atoms with van der Waals surface area (Å²) in [6.07, 6.45) is 3.45. The highest BCUT2D eigenvalue weighted by molar-refractivity contribution is 5.89. The zero-order valence-electron chi connectivity index (χ0n) is 13.7. The summed E-state index contributed by atoms with van der Waals surface area (Å²) in [6.45, 7) is 2.90. The zero-order valence-corrected chi connectivity index (χ0v) is 13.7. The summed E-state index contributed by atoms with van der Waals surface area (Å²) in [6, 6.07) is 14.1. The summed E-state index contributed by atoms with van der Waals surface area (Å²) < 4.78 is 13.1. The summed E-state index contributed by atoms with van der Waals surface area (Å²) in [5.74, 6) is -2.07. The lowest BCUT2D eigenvalue weighted by molar-refractivity contribution is -0.134. The fourth-order valence-corrected chi connectivity index (χ4v) is 2.93. The summed E-state index contributed by atoms with van der Waals surface area (Å²) in [7, 11) is 0. The molecule has 2 N–H and O–H groups in total. The van der Waals surface area contributed by atoms with Gasteiger partial charge in [-0.2, -0.15) is 4.39 Å². The second-order valence-electron chi connectivity index (χ2n) is 6.12. The van der Waals surface area contributed by atoms with Crippen LogP contribution in [0, 0.1) is 0 Å². The molecule has 5 nitrogen and oxygen atoms in total. The topological polar surface area (TPSA) is 65.5 Å². The van der Waals surface area contributed by atoms with Crippen molar-refractivity contribution in [1.29, 1.82) is 0 Å². The van der Waals surface area contributed by atoms with E-state index < -0.39 is 11.8 Å². The van der Waals surface area contributed by atoms with Crippen LogP contribution in [-0.4, -0.2) is 40.1 Å². The number of anilines is 1. The normalized spacial score (nSPS) is 18.3. The zero-order chi connectivity index (χ0) is 17.6.